The standard InChI is InChI=1S/C20H17F2N3O4/c1-28-17-7-3-12(9-18(17)29-2)15-6-8-20(27)25(24-15)11-19(26)23-16-5-4-13(21)10-14(16)22/h3-10H,11H2,1-2H3,(H,23,26). The van der Waals surface area contributed by atoms with Gasteiger partial charge in [0.1, 0.15) is 18.2 Å². The number of nitrogens with zero attached hydrogens (tertiary/aromatic N) is 2. The van der Waals surface area contributed by atoms with E-state index in [-0.39, 0.29) is 5.69 Å². The van der Waals surface area contributed by atoms with Gasteiger partial charge in [0, 0.05) is 17.7 Å². The number of ether oxygens (including phenoxy) is 2. The number of methoxy groups -OCH3 is 2. The van der Waals surface area contributed by atoms with E-state index < -0.39 is 29.6 Å². The molecule has 7 nitrogen and oxygen atoms in total. The summed E-state index contributed by atoms with van der Waals surface area (Å²) in [5, 5.41) is 6.47. The van der Waals surface area contributed by atoms with Gasteiger partial charge in [-0.2, -0.15) is 5.10 Å². The molecule has 29 heavy (non-hydrogen) atoms. The van der Waals surface area contributed by atoms with Gasteiger partial charge in [-0.3, -0.25) is 9.59 Å². The maximum atomic E-state index is 13.7. The Morgan fingerprint density at radius 3 is 2.48 bits per heavy atom. The molecule has 1 amide bonds. The molecule has 3 aromatic rings. The second kappa shape index (κ2) is 8.51. The summed E-state index contributed by atoms with van der Waals surface area (Å²) in [6, 6.07) is 10.6. The Morgan fingerprint density at radius 2 is 1.79 bits per heavy atom. The number of hydrogen-bond acceptors (Lipinski definition) is 5. The van der Waals surface area contributed by atoms with Crippen molar-refractivity contribution in [3.63, 3.8) is 0 Å². The molecule has 0 saturated heterocycles. The second-order valence-corrected chi connectivity index (χ2v) is 5.96. The van der Waals surface area contributed by atoms with E-state index in [2.05, 4.69) is 10.4 Å². The molecule has 9 heteroatoms. The first kappa shape index (κ1) is 20.0. The number of carbonyl (C=O) groups is 1. The molecular weight excluding hydrogens is 384 g/mol. The number of halogens is 2. The number of benzene rings is 2. The lowest BCUT2D eigenvalue weighted by molar-refractivity contribution is -0.117. The highest BCUT2D eigenvalue weighted by Gasteiger charge is 2.12. The topological polar surface area (TPSA) is 82.5 Å². The third-order valence-electron chi connectivity index (χ3n) is 4.04. The number of aromatic nitrogens is 2. The van der Waals surface area contributed by atoms with Crippen molar-refractivity contribution in [2.75, 3.05) is 19.5 Å². The number of nitrogens with one attached hydrogen (secondary N) is 1. The van der Waals surface area contributed by atoms with E-state index in [1.54, 1.807) is 18.2 Å². The van der Waals surface area contributed by atoms with Crippen LogP contribution in [0, 0.1) is 11.6 Å². The van der Waals surface area contributed by atoms with Gasteiger partial charge < -0.3 is 14.8 Å². The summed E-state index contributed by atoms with van der Waals surface area (Å²) in [5.41, 5.74) is 0.358. The van der Waals surface area contributed by atoms with Crippen LogP contribution >= 0.6 is 0 Å². The van der Waals surface area contributed by atoms with Gasteiger partial charge in [0.25, 0.3) is 5.56 Å². The predicted molar refractivity (Wildman–Crippen MR) is 102 cm³/mol. The summed E-state index contributed by atoms with van der Waals surface area (Å²) in [4.78, 5) is 24.3. The highest BCUT2D eigenvalue weighted by Crippen LogP contribution is 2.31. The molecular formula is C20H17F2N3O4. The lowest BCUT2D eigenvalue weighted by atomic mass is 10.1. The fourth-order valence-corrected chi connectivity index (χ4v) is 2.63. The normalized spacial score (nSPS) is 10.5. The Morgan fingerprint density at radius 1 is 1.03 bits per heavy atom. The van der Waals surface area contributed by atoms with Crippen LogP contribution in [0.25, 0.3) is 11.3 Å². The molecule has 0 saturated carbocycles. The largest absolute Gasteiger partial charge is 0.493 e. The van der Waals surface area contributed by atoms with Crippen LogP contribution in [0.2, 0.25) is 0 Å². The highest BCUT2D eigenvalue weighted by molar-refractivity contribution is 5.90. The van der Waals surface area contributed by atoms with Gasteiger partial charge in [0.15, 0.2) is 11.5 Å². The van der Waals surface area contributed by atoms with Crippen molar-refractivity contribution in [3.8, 4) is 22.8 Å². The van der Waals surface area contributed by atoms with Crippen LogP contribution in [0.3, 0.4) is 0 Å². The van der Waals surface area contributed by atoms with E-state index in [0.29, 0.717) is 28.8 Å². The third kappa shape index (κ3) is 4.57. The zero-order valence-electron chi connectivity index (χ0n) is 15.6. The molecule has 0 fully saturated rings. The molecule has 0 radical (unpaired) electrons. The molecule has 0 aliphatic heterocycles. The summed E-state index contributed by atoms with van der Waals surface area (Å²) in [5.74, 6) is -1.35. The van der Waals surface area contributed by atoms with Gasteiger partial charge in [-0.1, -0.05) is 0 Å². The van der Waals surface area contributed by atoms with Crippen LogP contribution in [0.4, 0.5) is 14.5 Å². The number of carbonyl (C=O) groups excluding carboxylic acids is 1. The highest BCUT2D eigenvalue weighted by atomic mass is 19.1. The van der Waals surface area contributed by atoms with Crippen LogP contribution in [0.15, 0.2) is 53.3 Å². The molecule has 1 heterocycles. The summed E-state index contributed by atoms with van der Waals surface area (Å²) < 4.78 is 38.0. The first-order valence-electron chi connectivity index (χ1n) is 8.46. The molecule has 0 aliphatic rings. The molecule has 3 rings (SSSR count). The average Bonchev–Trinajstić information content (AvgIpc) is 2.71. The third-order valence-corrected chi connectivity index (χ3v) is 4.04. The molecule has 0 unspecified atom stereocenters. The van der Waals surface area contributed by atoms with Gasteiger partial charge in [-0.05, 0) is 36.4 Å². The van der Waals surface area contributed by atoms with Crippen LogP contribution < -0.4 is 20.3 Å². The molecule has 1 N–H and O–H groups in total. The van der Waals surface area contributed by atoms with E-state index in [1.807, 2.05) is 0 Å². The first-order chi connectivity index (χ1) is 13.9. The van der Waals surface area contributed by atoms with Crippen molar-refractivity contribution in [2.24, 2.45) is 0 Å². The Bertz CT molecular complexity index is 1120. The smallest absolute Gasteiger partial charge is 0.267 e. The predicted octanol–water partition coefficient (Wildman–Crippen LogP) is 2.84. The maximum Gasteiger partial charge on any atom is 0.267 e. The summed E-state index contributed by atoms with van der Waals surface area (Å²) in [6.07, 6.45) is 0. The van der Waals surface area contributed by atoms with E-state index in [9.17, 15) is 18.4 Å². The van der Waals surface area contributed by atoms with Gasteiger partial charge in [0.2, 0.25) is 5.91 Å². The number of rotatable bonds is 6. The fraction of sp³-hybridized carbons (Fsp3) is 0.150. The van der Waals surface area contributed by atoms with Crippen LogP contribution in [0.5, 0.6) is 11.5 Å². The average molecular weight is 401 g/mol. The van der Waals surface area contributed by atoms with E-state index in [1.165, 1.54) is 26.4 Å². The van der Waals surface area contributed by atoms with E-state index in [4.69, 9.17) is 9.47 Å². The minimum Gasteiger partial charge on any atom is -0.493 e. The molecule has 0 bridgehead atoms. The molecule has 0 aliphatic carbocycles. The Hall–Kier alpha value is -3.75. The van der Waals surface area contributed by atoms with Crippen molar-refractivity contribution in [2.45, 2.75) is 6.54 Å². The van der Waals surface area contributed by atoms with Crippen LogP contribution in [-0.2, 0) is 11.3 Å². The molecule has 0 spiro atoms. The van der Waals surface area contributed by atoms with Crippen molar-refractivity contribution >= 4 is 11.6 Å². The maximum absolute atomic E-state index is 13.7. The molecule has 2 aromatic carbocycles. The summed E-state index contributed by atoms with van der Waals surface area (Å²) >= 11 is 0. The molecule has 0 atom stereocenters. The van der Waals surface area contributed by atoms with Crippen LogP contribution in [-0.4, -0.2) is 29.9 Å². The number of anilines is 1. The summed E-state index contributed by atoms with van der Waals surface area (Å²) in [7, 11) is 3.01. The Labute approximate surface area is 164 Å². The SMILES string of the molecule is COc1ccc(-c2ccc(=O)n(CC(=O)Nc3ccc(F)cc3F)n2)cc1OC. The zero-order valence-corrected chi connectivity index (χ0v) is 15.6. The second-order valence-electron chi connectivity index (χ2n) is 5.96. The zero-order chi connectivity index (χ0) is 21.0. The van der Waals surface area contributed by atoms with Crippen molar-refractivity contribution in [1.29, 1.82) is 0 Å². The quantitative estimate of drug-likeness (QED) is 0.687. The molecule has 150 valence electrons. The Kier molecular flexibility index (Phi) is 5.87. The first-order valence-corrected chi connectivity index (χ1v) is 8.46. The summed E-state index contributed by atoms with van der Waals surface area (Å²) in [6.45, 7) is -0.448. The van der Waals surface area contributed by atoms with Gasteiger partial charge in [-0.25, -0.2) is 13.5 Å². The fourth-order valence-electron chi connectivity index (χ4n) is 2.63. The lowest BCUT2D eigenvalue weighted by Gasteiger charge is -2.11. The number of hydrogen-bond donors (Lipinski definition) is 1. The van der Waals surface area contributed by atoms with Crippen molar-refractivity contribution in [3.05, 3.63) is 70.5 Å². The van der Waals surface area contributed by atoms with Gasteiger partial charge in [0.05, 0.1) is 25.6 Å². The van der Waals surface area contributed by atoms with Gasteiger partial charge in [-0.15, -0.1) is 0 Å². The van der Waals surface area contributed by atoms with E-state index in [0.717, 1.165) is 16.8 Å². The van der Waals surface area contributed by atoms with E-state index >= 15 is 0 Å². The lowest BCUT2D eigenvalue weighted by Crippen LogP contribution is -2.29. The Balaban J connectivity index is 1.84. The van der Waals surface area contributed by atoms with Crippen LogP contribution in [0.1, 0.15) is 0 Å². The van der Waals surface area contributed by atoms with Gasteiger partial charge >= 0.3 is 0 Å². The monoisotopic (exact) mass is 401 g/mol. The van der Waals surface area contributed by atoms with Crippen molar-refractivity contribution in [1.82, 2.24) is 9.78 Å². The number of amides is 1. The molecule has 1 aromatic heterocycles. The minimum atomic E-state index is -0.919. The van der Waals surface area contributed by atoms with Crippen molar-refractivity contribution < 1.29 is 23.0 Å². The minimum absolute atomic E-state index is 0.194.